The Balaban J connectivity index is 2.26. The van der Waals surface area contributed by atoms with Crippen molar-refractivity contribution < 1.29 is 9.50 Å². The zero-order valence-electron chi connectivity index (χ0n) is 10.7. The normalized spacial score (nSPS) is 10.9. The highest BCUT2D eigenvalue weighted by molar-refractivity contribution is 5.26. The molecule has 1 aromatic heterocycles. The summed E-state index contributed by atoms with van der Waals surface area (Å²) in [6, 6.07) is 6.51. The Hall–Kier alpha value is -1.68. The van der Waals surface area contributed by atoms with Crippen molar-refractivity contribution in [3.8, 4) is 0 Å². The summed E-state index contributed by atoms with van der Waals surface area (Å²) in [6.07, 6.45) is 1.28. The number of aryl methyl sites for hydroxylation is 1. The molecule has 0 bridgehead atoms. The van der Waals surface area contributed by atoms with Crippen LogP contribution in [0.15, 0.2) is 24.3 Å². The van der Waals surface area contributed by atoms with Gasteiger partial charge < -0.3 is 9.67 Å². The van der Waals surface area contributed by atoms with Crippen molar-refractivity contribution in [3.63, 3.8) is 0 Å². The first-order valence-electron chi connectivity index (χ1n) is 5.98. The van der Waals surface area contributed by atoms with Gasteiger partial charge in [0.25, 0.3) is 0 Å². The van der Waals surface area contributed by atoms with Gasteiger partial charge in [-0.25, -0.2) is 9.37 Å². The second-order valence-electron chi connectivity index (χ2n) is 4.40. The first-order chi connectivity index (χ1) is 8.61. The Morgan fingerprint density at radius 3 is 2.56 bits per heavy atom. The molecule has 1 heterocycles. The van der Waals surface area contributed by atoms with Crippen molar-refractivity contribution in [2.24, 2.45) is 7.05 Å². The molecule has 0 fully saturated rings. The Kier molecular flexibility index (Phi) is 3.77. The molecule has 1 aromatic carbocycles. The quantitative estimate of drug-likeness (QED) is 0.898. The van der Waals surface area contributed by atoms with Gasteiger partial charge in [0.1, 0.15) is 11.6 Å². The van der Waals surface area contributed by atoms with Gasteiger partial charge in [-0.15, -0.1) is 0 Å². The molecule has 0 unspecified atom stereocenters. The van der Waals surface area contributed by atoms with Crippen LogP contribution in [-0.4, -0.2) is 21.3 Å². The highest BCUT2D eigenvalue weighted by Gasteiger charge is 2.11. The predicted octanol–water partition coefficient (Wildman–Crippen LogP) is 1.99. The summed E-state index contributed by atoms with van der Waals surface area (Å²) in [4.78, 5) is 4.44. The molecule has 1 N–H and O–H groups in total. The maximum atomic E-state index is 12.8. The van der Waals surface area contributed by atoms with Gasteiger partial charge in [-0.3, -0.25) is 0 Å². The van der Waals surface area contributed by atoms with E-state index in [0.717, 1.165) is 29.2 Å². The van der Waals surface area contributed by atoms with E-state index in [0.29, 0.717) is 6.42 Å². The summed E-state index contributed by atoms with van der Waals surface area (Å²) >= 11 is 0. The van der Waals surface area contributed by atoms with Crippen LogP contribution in [0.2, 0.25) is 0 Å². The summed E-state index contributed by atoms with van der Waals surface area (Å²) in [7, 11) is 1.95. The van der Waals surface area contributed by atoms with Gasteiger partial charge in [-0.05, 0) is 24.6 Å². The number of nitrogens with zero attached hydrogens (tertiary/aromatic N) is 2. The van der Waals surface area contributed by atoms with Gasteiger partial charge in [0.2, 0.25) is 0 Å². The molecule has 96 valence electrons. The van der Waals surface area contributed by atoms with E-state index in [1.165, 1.54) is 12.1 Å². The summed E-state index contributed by atoms with van der Waals surface area (Å²) in [5, 5.41) is 8.97. The molecule has 0 radical (unpaired) electrons. The van der Waals surface area contributed by atoms with Gasteiger partial charge in [-0.1, -0.05) is 12.1 Å². The third kappa shape index (κ3) is 2.59. The third-order valence-electron chi connectivity index (χ3n) is 3.13. The van der Waals surface area contributed by atoms with Crippen LogP contribution in [-0.2, 0) is 19.9 Å². The van der Waals surface area contributed by atoms with E-state index >= 15 is 0 Å². The van der Waals surface area contributed by atoms with Crippen LogP contribution in [0.5, 0.6) is 0 Å². The standard InChI is InChI=1S/C14H17FN2O/c1-10-13(17(2)14(16-10)7-8-18)9-11-3-5-12(15)6-4-11/h3-6,18H,7-9H2,1-2H3. The van der Waals surface area contributed by atoms with E-state index in [1.807, 2.05) is 18.5 Å². The smallest absolute Gasteiger partial charge is 0.123 e. The topological polar surface area (TPSA) is 38.1 Å². The Bertz CT molecular complexity index is 531. The maximum Gasteiger partial charge on any atom is 0.123 e. The number of rotatable bonds is 4. The van der Waals surface area contributed by atoms with Crippen molar-refractivity contribution >= 4 is 0 Å². The molecule has 0 atom stereocenters. The number of imidazole rings is 1. The first kappa shape index (κ1) is 12.8. The molecule has 0 saturated carbocycles. The van der Waals surface area contributed by atoms with Gasteiger partial charge >= 0.3 is 0 Å². The average molecular weight is 248 g/mol. The Morgan fingerprint density at radius 2 is 1.94 bits per heavy atom. The molecule has 2 rings (SSSR count). The van der Waals surface area contributed by atoms with E-state index in [9.17, 15) is 4.39 Å². The second kappa shape index (κ2) is 5.31. The van der Waals surface area contributed by atoms with Gasteiger partial charge in [0, 0.05) is 25.6 Å². The zero-order chi connectivity index (χ0) is 13.1. The van der Waals surface area contributed by atoms with E-state index in [4.69, 9.17) is 5.11 Å². The predicted molar refractivity (Wildman–Crippen MR) is 67.9 cm³/mol. The summed E-state index contributed by atoms with van der Waals surface area (Å²) in [5.74, 6) is 0.661. The fraction of sp³-hybridized carbons (Fsp3) is 0.357. The van der Waals surface area contributed by atoms with Gasteiger partial charge in [-0.2, -0.15) is 0 Å². The molecule has 4 heteroatoms. The summed E-state index contributed by atoms with van der Waals surface area (Å²) in [6.45, 7) is 2.06. The largest absolute Gasteiger partial charge is 0.396 e. The van der Waals surface area contributed by atoms with Crippen molar-refractivity contribution in [2.45, 2.75) is 19.8 Å². The lowest BCUT2D eigenvalue weighted by Gasteiger charge is -2.06. The molecule has 18 heavy (non-hydrogen) atoms. The maximum absolute atomic E-state index is 12.8. The van der Waals surface area contributed by atoms with Gasteiger partial charge in [0.05, 0.1) is 12.3 Å². The molecular formula is C14H17FN2O. The number of halogens is 1. The van der Waals surface area contributed by atoms with Crippen LogP contribution in [0.25, 0.3) is 0 Å². The van der Waals surface area contributed by atoms with E-state index < -0.39 is 0 Å². The number of benzene rings is 1. The third-order valence-corrected chi connectivity index (χ3v) is 3.13. The van der Waals surface area contributed by atoms with Crippen molar-refractivity contribution in [1.82, 2.24) is 9.55 Å². The summed E-state index contributed by atoms with van der Waals surface area (Å²) < 4.78 is 14.9. The number of aliphatic hydroxyl groups is 1. The van der Waals surface area contributed by atoms with Crippen molar-refractivity contribution in [1.29, 1.82) is 0 Å². The van der Waals surface area contributed by atoms with Crippen LogP contribution < -0.4 is 0 Å². The number of hydrogen-bond acceptors (Lipinski definition) is 2. The van der Waals surface area contributed by atoms with Gasteiger partial charge in [0.15, 0.2) is 0 Å². The molecule has 3 nitrogen and oxygen atoms in total. The minimum atomic E-state index is -0.221. The minimum absolute atomic E-state index is 0.0975. The lowest BCUT2D eigenvalue weighted by molar-refractivity contribution is 0.295. The lowest BCUT2D eigenvalue weighted by atomic mass is 10.1. The molecule has 0 spiro atoms. The van der Waals surface area contributed by atoms with E-state index in [1.54, 1.807) is 12.1 Å². The monoisotopic (exact) mass is 248 g/mol. The van der Waals surface area contributed by atoms with Crippen LogP contribution in [0, 0.1) is 12.7 Å². The fourth-order valence-electron chi connectivity index (χ4n) is 2.10. The van der Waals surface area contributed by atoms with Crippen LogP contribution in [0.3, 0.4) is 0 Å². The zero-order valence-corrected chi connectivity index (χ0v) is 10.7. The van der Waals surface area contributed by atoms with Crippen LogP contribution in [0.4, 0.5) is 4.39 Å². The lowest BCUT2D eigenvalue weighted by Crippen LogP contribution is -2.04. The summed E-state index contributed by atoms with van der Waals surface area (Å²) in [5.41, 5.74) is 3.12. The minimum Gasteiger partial charge on any atom is -0.396 e. The molecule has 0 aliphatic heterocycles. The number of aromatic nitrogens is 2. The fourth-order valence-corrected chi connectivity index (χ4v) is 2.10. The molecule has 0 aliphatic rings. The van der Waals surface area contributed by atoms with Crippen LogP contribution in [0.1, 0.15) is 22.8 Å². The molecule has 0 saturated heterocycles. The van der Waals surface area contributed by atoms with E-state index in [-0.39, 0.29) is 12.4 Å². The number of aliphatic hydroxyl groups excluding tert-OH is 1. The highest BCUT2D eigenvalue weighted by Crippen LogP contribution is 2.15. The molecule has 0 amide bonds. The molecule has 0 aliphatic carbocycles. The Morgan fingerprint density at radius 1 is 1.28 bits per heavy atom. The number of hydrogen-bond donors (Lipinski definition) is 1. The molecule has 2 aromatic rings. The van der Waals surface area contributed by atoms with E-state index in [2.05, 4.69) is 4.98 Å². The highest BCUT2D eigenvalue weighted by atomic mass is 19.1. The SMILES string of the molecule is Cc1nc(CCO)n(C)c1Cc1ccc(F)cc1. The first-order valence-corrected chi connectivity index (χ1v) is 5.98. The van der Waals surface area contributed by atoms with Crippen molar-refractivity contribution in [3.05, 3.63) is 52.9 Å². The van der Waals surface area contributed by atoms with Crippen molar-refractivity contribution in [2.75, 3.05) is 6.61 Å². The second-order valence-corrected chi connectivity index (χ2v) is 4.40. The van der Waals surface area contributed by atoms with Crippen LogP contribution >= 0.6 is 0 Å². The Labute approximate surface area is 106 Å². The molecular weight excluding hydrogens is 231 g/mol. The average Bonchev–Trinajstić information content (AvgIpc) is 2.60.